The van der Waals surface area contributed by atoms with Crippen molar-refractivity contribution in [1.82, 2.24) is 5.32 Å². The zero-order valence-electron chi connectivity index (χ0n) is 14.3. The number of amidine groups is 1. The molecule has 1 unspecified atom stereocenters. The number of nitrogens with zero attached hydrogens (tertiary/aromatic N) is 2. The fraction of sp³-hybridized carbons (Fsp3) is 0.211. The van der Waals surface area contributed by atoms with E-state index in [2.05, 4.69) is 15.8 Å². The number of hydrogen-bond donors (Lipinski definition) is 5. The van der Waals surface area contributed by atoms with Crippen LogP contribution in [0.5, 0.6) is 0 Å². The van der Waals surface area contributed by atoms with Crippen molar-refractivity contribution in [3.63, 3.8) is 0 Å². The molecule has 2 aromatic carbocycles. The highest BCUT2D eigenvalue weighted by atomic mass is 16.3. The Bertz CT molecular complexity index is 780. The molecule has 2 aromatic rings. The summed E-state index contributed by atoms with van der Waals surface area (Å²) in [5.41, 5.74) is 10.5. The van der Waals surface area contributed by atoms with E-state index < -0.39 is 6.10 Å². The Balaban J connectivity index is 1.75. The van der Waals surface area contributed by atoms with Gasteiger partial charge in [-0.25, -0.2) is 0 Å². The SMILES string of the molecule is N#C/C(=N\Nc1ccc(CCNCC(O)c2ccccc2)cc1)C(=N)N. The summed E-state index contributed by atoms with van der Waals surface area (Å²) >= 11 is 0. The standard InChI is InChI=1S/C19H22N6O/c20-12-17(19(21)22)25-24-16-8-6-14(7-9-16)10-11-23-13-18(26)15-4-2-1-3-5-15/h1-9,18,23-24,26H,10-11,13H2,(H3,21,22)/b25-17+. The topological polar surface area (TPSA) is 130 Å². The zero-order valence-corrected chi connectivity index (χ0v) is 14.3. The van der Waals surface area contributed by atoms with Crippen LogP contribution in [-0.4, -0.2) is 29.7 Å². The third kappa shape index (κ3) is 6.02. The van der Waals surface area contributed by atoms with E-state index in [0.717, 1.165) is 24.1 Å². The largest absolute Gasteiger partial charge is 0.387 e. The second-order valence-electron chi connectivity index (χ2n) is 5.68. The lowest BCUT2D eigenvalue weighted by Gasteiger charge is -2.12. The van der Waals surface area contributed by atoms with Gasteiger partial charge in [0.05, 0.1) is 11.8 Å². The van der Waals surface area contributed by atoms with Gasteiger partial charge in [0.2, 0.25) is 5.71 Å². The third-order valence-electron chi connectivity index (χ3n) is 3.72. The summed E-state index contributed by atoms with van der Waals surface area (Å²) < 4.78 is 0. The maximum Gasteiger partial charge on any atom is 0.201 e. The van der Waals surface area contributed by atoms with E-state index in [1.54, 1.807) is 6.07 Å². The van der Waals surface area contributed by atoms with Crippen LogP contribution in [0.3, 0.4) is 0 Å². The molecule has 0 radical (unpaired) electrons. The van der Waals surface area contributed by atoms with Crippen LogP contribution in [0.25, 0.3) is 0 Å². The molecule has 0 bridgehead atoms. The summed E-state index contributed by atoms with van der Waals surface area (Å²) in [6, 6.07) is 18.9. The minimum atomic E-state index is -0.517. The van der Waals surface area contributed by atoms with Gasteiger partial charge in [0.25, 0.3) is 0 Å². The number of nitriles is 1. The van der Waals surface area contributed by atoms with Crippen LogP contribution >= 0.6 is 0 Å². The highest BCUT2D eigenvalue weighted by molar-refractivity contribution is 6.45. The van der Waals surface area contributed by atoms with Crippen molar-refractivity contribution < 1.29 is 5.11 Å². The number of hydrazone groups is 1. The van der Waals surface area contributed by atoms with Crippen molar-refractivity contribution in [2.75, 3.05) is 18.5 Å². The molecule has 0 aromatic heterocycles. The number of rotatable bonds is 9. The summed E-state index contributed by atoms with van der Waals surface area (Å²) in [6.45, 7) is 1.25. The molecule has 6 N–H and O–H groups in total. The van der Waals surface area contributed by atoms with Gasteiger partial charge in [-0.1, -0.05) is 42.5 Å². The minimum absolute atomic E-state index is 0.157. The molecule has 0 amide bonds. The summed E-state index contributed by atoms with van der Waals surface area (Å²) in [6.07, 6.45) is 0.304. The van der Waals surface area contributed by atoms with Gasteiger partial charge in [0, 0.05) is 6.54 Å². The van der Waals surface area contributed by atoms with Crippen molar-refractivity contribution in [3.8, 4) is 6.07 Å². The average molecular weight is 350 g/mol. The van der Waals surface area contributed by atoms with Gasteiger partial charge in [0.15, 0.2) is 5.84 Å². The van der Waals surface area contributed by atoms with Crippen LogP contribution in [0.4, 0.5) is 5.69 Å². The number of hydrogen-bond acceptors (Lipinski definition) is 6. The number of anilines is 1. The maximum atomic E-state index is 10.1. The predicted molar refractivity (Wildman–Crippen MR) is 103 cm³/mol. The van der Waals surface area contributed by atoms with Crippen molar-refractivity contribution in [2.24, 2.45) is 10.8 Å². The molecule has 0 aliphatic heterocycles. The van der Waals surface area contributed by atoms with E-state index in [1.165, 1.54) is 0 Å². The van der Waals surface area contributed by atoms with Crippen molar-refractivity contribution in [3.05, 3.63) is 65.7 Å². The number of aliphatic hydroxyl groups is 1. The normalized spacial score (nSPS) is 12.2. The van der Waals surface area contributed by atoms with Gasteiger partial charge in [-0.05, 0) is 36.2 Å². The Hall–Kier alpha value is -3.21. The second kappa shape index (κ2) is 9.93. The van der Waals surface area contributed by atoms with Crippen LogP contribution in [0.2, 0.25) is 0 Å². The van der Waals surface area contributed by atoms with Crippen LogP contribution < -0.4 is 16.5 Å². The van der Waals surface area contributed by atoms with Gasteiger partial charge in [-0.3, -0.25) is 10.8 Å². The number of nitrogens with one attached hydrogen (secondary N) is 3. The Kier molecular flexibility index (Phi) is 7.31. The van der Waals surface area contributed by atoms with E-state index in [0.29, 0.717) is 12.2 Å². The van der Waals surface area contributed by atoms with Crippen molar-refractivity contribution in [1.29, 1.82) is 10.7 Å². The number of aliphatic hydroxyl groups excluding tert-OH is 1. The molecular formula is C19H22N6O. The molecule has 0 fully saturated rings. The minimum Gasteiger partial charge on any atom is -0.387 e. The first-order chi connectivity index (χ1) is 12.6. The maximum absolute atomic E-state index is 10.1. The second-order valence-corrected chi connectivity index (χ2v) is 5.68. The summed E-state index contributed by atoms with van der Waals surface area (Å²) in [7, 11) is 0. The van der Waals surface area contributed by atoms with Crippen molar-refractivity contribution in [2.45, 2.75) is 12.5 Å². The Morgan fingerprint density at radius 3 is 2.50 bits per heavy atom. The Morgan fingerprint density at radius 1 is 1.19 bits per heavy atom. The Morgan fingerprint density at radius 2 is 1.88 bits per heavy atom. The molecule has 0 spiro atoms. The molecule has 0 saturated heterocycles. The highest BCUT2D eigenvalue weighted by Crippen LogP contribution is 2.11. The first-order valence-electron chi connectivity index (χ1n) is 8.21. The zero-order chi connectivity index (χ0) is 18.8. The fourth-order valence-corrected chi connectivity index (χ4v) is 2.28. The Labute approximate surface area is 152 Å². The van der Waals surface area contributed by atoms with E-state index in [9.17, 15) is 5.11 Å². The molecular weight excluding hydrogens is 328 g/mol. The van der Waals surface area contributed by atoms with Gasteiger partial charge in [0.1, 0.15) is 6.07 Å². The van der Waals surface area contributed by atoms with Crippen LogP contribution in [0, 0.1) is 16.7 Å². The van der Waals surface area contributed by atoms with Gasteiger partial charge >= 0.3 is 0 Å². The third-order valence-corrected chi connectivity index (χ3v) is 3.72. The molecule has 7 nitrogen and oxygen atoms in total. The first kappa shape index (κ1) is 19.1. The van der Waals surface area contributed by atoms with Crippen LogP contribution in [0.15, 0.2) is 59.7 Å². The van der Waals surface area contributed by atoms with E-state index in [4.69, 9.17) is 16.4 Å². The molecule has 134 valence electrons. The smallest absolute Gasteiger partial charge is 0.201 e. The number of benzene rings is 2. The van der Waals surface area contributed by atoms with E-state index in [-0.39, 0.29) is 11.5 Å². The lowest BCUT2D eigenvalue weighted by atomic mass is 10.1. The fourth-order valence-electron chi connectivity index (χ4n) is 2.28. The summed E-state index contributed by atoms with van der Waals surface area (Å²) in [5, 5.41) is 33.1. The van der Waals surface area contributed by atoms with Gasteiger partial charge in [-0.2, -0.15) is 10.4 Å². The lowest BCUT2D eigenvalue weighted by molar-refractivity contribution is 0.175. The van der Waals surface area contributed by atoms with Gasteiger partial charge < -0.3 is 16.2 Å². The molecule has 7 heteroatoms. The predicted octanol–water partition coefficient (Wildman–Crippen LogP) is 1.78. The molecule has 0 aliphatic carbocycles. The van der Waals surface area contributed by atoms with Crippen molar-refractivity contribution >= 4 is 17.2 Å². The van der Waals surface area contributed by atoms with Gasteiger partial charge in [-0.15, -0.1) is 0 Å². The summed E-state index contributed by atoms with van der Waals surface area (Å²) in [4.78, 5) is 0. The van der Waals surface area contributed by atoms with Crippen LogP contribution in [0.1, 0.15) is 17.2 Å². The average Bonchev–Trinajstić information content (AvgIpc) is 2.67. The molecule has 26 heavy (non-hydrogen) atoms. The monoisotopic (exact) mass is 350 g/mol. The summed E-state index contributed by atoms with van der Waals surface area (Å²) in [5.74, 6) is -0.375. The lowest BCUT2D eigenvalue weighted by Crippen LogP contribution is -2.23. The molecule has 0 heterocycles. The molecule has 1 atom stereocenters. The molecule has 2 rings (SSSR count). The van der Waals surface area contributed by atoms with E-state index >= 15 is 0 Å². The highest BCUT2D eigenvalue weighted by Gasteiger charge is 2.05. The van der Waals surface area contributed by atoms with E-state index in [1.807, 2.05) is 54.6 Å². The molecule has 0 aliphatic rings. The quantitative estimate of drug-likeness (QED) is 0.204. The number of nitrogens with two attached hydrogens (primary N) is 1. The molecule has 0 saturated carbocycles. The van der Waals surface area contributed by atoms with Crippen LogP contribution in [-0.2, 0) is 6.42 Å². The first-order valence-corrected chi connectivity index (χ1v) is 8.21.